The van der Waals surface area contributed by atoms with Crippen LogP contribution in [0.5, 0.6) is 11.6 Å². The Hall–Kier alpha value is -2.65. The lowest BCUT2D eigenvalue weighted by molar-refractivity contribution is -0.117. The quantitative estimate of drug-likeness (QED) is 0.317. The van der Waals surface area contributed by atoms with Crippen LogP contribution in [0.2, 0.25) is 0 Å². The van der Waals surface area contributed by atoms with Gasteiger partial charge in [0.05, 0.1) is 31.9 Å². The lowest BCUT2D eigenvalue weighted by Crippen LogP contribution is -2.26. The SMILES string of the molecule is COCCOc1cc2c(c(N)n1)CC(=O)N2Cc1ccc(OCCCCP(=O)(O)O)cc1. The van der Waals surface area contributed by atoms with Gasteiger partial charge in [-0.15, -0.1) is 0 Å². The first-order valence-electron chi connectivity index (χ1n) is 10.2. The number of unbranched alkanes of at least 4 members (excludes halogenated alkanes) is 1. The van der Waals surface area contributed by atoms with Crippen LogP contribution in [0.4, 0.5) is 11.5 Å². The zero-order valence-corrected chi connectivity index (χ0v) is 18.8. The molecule has 0 aliphatic carbocycles. The fourth-order valence-electron chi connectivity index (χ4n) is 3.32. The molecule has 1 aliphatic rings. The third-order valence-corrected chi connectivity index (χ3v) is 5.84. The van der Waals surface area contributed by atoms with Crippen molar-refractivity contribution in [3.05, 3.63) is 41.5 Å². The van der Waals surface area contributed by atoms with E-state index in [0.717, 1.165) is 5.56 Å². The molecule has 0 saturated heterocycles. The number of amides is 1. The summed E-state index contributed by atoms with van der Waals surface area (Å²) in [4.78, 5) is 36.2. The standard InChI is InChI=1S/C21H28N3O7P/c1-29-9-10-31-19-13-18-17(21(22)23-19)12-20(25)24(18)14-15-4-6-16(7-5-15)30-8-2-3-11-32(26,27)28/h4-7,13H,2-3,8-12,14H2,1H3,(H2,22,23)(H2,26,27,28). The monoisotopic (exact) mass is 465 g/mol. The van der Waals surface area contributed by atoms with Gasteiger partial charge in [-0.2, -0.15) is 4.98 Å². The molecule has 10 nitrogen and oxygen atoms in total. The maximum Gasteiger partial charge on any atom is 0.325 e. The second kappa shape index (κ2) is 10.8. The highest BCUT2D eigenvalue weighted by atomic mass is 31.2. The molecule has 0 atom stereocenters. The maximum absolute atomic E-state index is 12.6. The zero-order valence-electron chi connectivity index (χ0n) is 17.9. The number of nitrogens with two attached hydrogens (primary N) is 1. The minimum Gasteiger partial charge on any atom is -0.494 e. The van der Waals surface area contributed by atoms with Gasteiger partial charge in [0.25, 0.3) is 0 Å². The highest BCUT2D eigenvalue weighted by Gasteiger charge is 2.30. The summed E-state index contributed by atoms with van der Waals surface area (Å²) < 4.78 is 27.0. The van der Waals surface area contributed by atoms with E-state index >= 15 is 0 Å². The summed E-state index contributed by atoms with van der Waals surface area (Å²) in [7, 11) is -2.37. The van der Waals surface area contributed by atoms with Crippen LogP contribution in [0.1, 0.15) is 24.0 Å². The molecule has 0 saturated carbocycles. The largest absolute Gasteiger partial charge is 0.494 e. The van der Waals surface area contributed by atoms with E-state index in [0.29, 0.717) is 62.1 Å². The number of pyridine rings is 1. The van der Waals surface area contributed by atoms with Gasteiger partial charge in [-0.3, -0.25) is 9.36 Å². The van der Waals surface area contributed by atoms with Crippen LogP contribution in [-0.4, -0.2) is 53.8 Å². The number of methoxy groups -OCH3 is 1. The van der Waals surface area contributed by atoms with Gasteiger partial charge in [0.2, 0.25) is 11.8 Å². The van der Waals surface area contributed by atoms with E-state index < -0.39 is 7.60 Å². The molecule has 2 heterocycles. The van der Waals surface area contributed by atoms with E-state index in [-0.39, 0.29) is 24.3 Å². The molecule has 0 bridgehead atoms. The van der Waals surface area contributed by atoms with E-state index in [1.54, 1.807) is 30.2 Å². The summed E-state index contributed by atoms with van der Waals surface area (Å²) in [5.41, 5.74) is 8.35. The van der Waals surface area contributed by atoms with Crippen molar-refractivity contribution in [1.82, 2.24) is 4.98 Å². The second-order valence-corrected chi connectivity index (χ2v) is 9.21. The fraction of sp³-hybridized carbons (Fsp3) is 0.429. The number of benzene rings is 1. The molecular formula is C21H28N3O7P. The van der Waals surface area contributed by atoms with E-state index in [2.05, 4.69) is 4.98 Å². The second-order valence-electron chi connectivity index (χ2n) is 7.43. The molecule has 0 radical (unpaired) electrons. The summed E-state index contributed by atoms with van der Waals surface area (Å²) in [5.74, 6) is 1.22. The molecule has 2 aromatic rings. The summed E-state index contributed by atoms with van der Waals surface area (Å²) in [6.07, 6.45) is 1.01. The minimum absolute atomic E-state index is 0.0621. The zero-order chi connectivity index (χ0) is 23.1. The number of hydrogen-bond acceptors (Lipinski definition) is 7. The van der Waals surface area contributed by atoms with Crippen LogP contribution in [0.15, 0.2) is 30.3 Å². The van der Waals surface area contributed by atoms with Crippen LogP contribution in [0.25, 0.3) is 0 Å². The lowest BCUT2D eigenvalue weighted by atomic mass is 10.2. The first kappa shape index (κ1) is 24.0. The molecule has 1 aromatic heterocycles. The molecule has 3 rings (SSSR count). The number of carbonyl (C=O) groups excluding carboxylic acids is 1. The number of carbonyl (C=O) groups is 1. The van der Waals surface area contributed by atoms with Crippen LogP contribution in [0.3, 0.4) is 0 Å². The third-order valence-electron chi connectivity index (χ3n) is 4.94. The van der Waals surface area contributed by atoms with Crippen molar-refractivity contribution in [2.45, 2.75) is 25.8 Å². The van der Waals surface area contributed by atoms with Crippen molar-refractivity contribution in [3.8, 4) is 11.6 Å². The first-order chi connectivity index (χ1) is 15.3. The smallest absolute Gasteiger partial charge is 0.325 e. The Bertz CT molecular complexity index is 978. The molecule has 0 unspecified atom stereocenters. The Morgan fingerprint density at radius 1 is 1.12 bits per heavy atom. The fourth-order valence-corrected chi connectivity index (χ4v) is 3.95. The number of nitrogen functional groups attached to an aromatic ring is 1. The Kier molecular flexibility index (Phi) is 8.09. The van der Waals surface area contributed by atoms with Crippen LogP contribution >= 0.6 is 7.60 Å². The highest BCUT2D eigenvalue weighted by molar-refractivity contribution is 7.51. The van der Waals surface area contributed by atoms with E-state index in [1.165, 1.54) is 0 Å². The predicted molar refractivity (Wildman–Crippen MR) is 119 cm³/mol. The van der Waals surface area contributed by atoms with Gasteiger partial charge >= 0.3 is 7.60 Å². The molecule has 0 fully saturated rings. The molecular weight excluding hydrogens is 437 g/mol. The first-order valence-corrected chi connectivity index (χ1v) is 12.0. The van der Waals surface area contributed by atoms with Gasteiger partial charge in [-0.1, -0.05) is 12.1 Å². The van der Waals surface area contributed by atoms with Crippen molar-refractivity contribution in [2.24, 2.45) is 0 Å². The third kappa shape index (κ3) is 6.67. The molecule has 4 N–H and O–H groups in total. The summed E-state index contributed by atoms with van der Waals surface area (Å²) >= 11 is 0. The van der Waals surface area contributed by atoms with E-state index in [9.17, 15) is 9.36 Å². The number of rotatable bonds is 12. The van der Waals surface area contributed by atoms with Gasteiger partial charge < -0.3 is 34.6 Å². The van der Waals surface area contributed by atoms with Gasteiger partial charge in [0.15, 0.2) is 0 Å². The summed E-state index contributed by atoms with van der Waals surface area (Å²) in [6.45, 7) is 1.49. The number of ether oxygens (including phenoxy) is 3. The highest BCUT2D eigenvalue weighted by Crippen LogP contribution is 2.36. The molecule has 1 amide bonds. The number of anilines is 2. The van der Waals surface area contributed by atoms with E-state index in [1.807, 2.05) is 12.1 Å². The van der Waals surface area contributed by atoms with Crippen molar-refractivity contribution in [3.63, 3.8) is 0 Å². The Balaban J connectivity index is 1.59. The number of hydrogen-bond donors (Lipinski definition) is 3. The average molecular weight is 465 g/mol. The average Bonchev–Trinajstić information content (AvgIpc) is 3.04. The maximum atomic E-state index is 12.6. The lowest BCUT2D eigenvalue weighted by Gasteiger charge is -2.19. The van der Waals surface area contributed by atoms with Gasteiger partial charge in [0, 0.05) is 24.9 Å². The minimum atomic E-state index is -3.95. The molecule has 11 heteroatoms. The molecule has 1 aliphatic heterocycles. The Morgan fingerprint density at radius 2 is 1.88 bits per heavy atom. The van der Waals surface area contributed by atoms with Gasteiger partial charge in [-0.25, -0.2) is 0 Å². The van der Waals surface area contributed by atoms with Crippen molar-refractivity contribution < 1.29 is 33.4 Å². The molecule has 32 heavy (non-hydrogen) atoms. The van der Waals surface area contributed by atoms with Crippen LogP contribution in [0, 0.1) is 0 Å². The number of fused-ring (bicyclic) bond motifs is 1. The summed E-state index contributed by atoms with van der Waals surface area (Å²) in [6, 6.07) is 9.08. The Labute approximate surface area is 186 Å². The van der Waals surface area contributed by atoms with E-state index in [4.69, 9.17) is 29.7 Å². The predicted octanol–water partition coefficient (Wildman–Crippen LogP) is 2.11. The Morgan fingerprint density at radius 3 is 2.56 bits per heavy atom. The van der Waals surface area contributed by atoms with Crippen LogP contribution in [-0.2, 0) is 27.1 Å². The molecule has 174 valence electrons. The van der Waals surface area contributed by atoms with Gasteiger partial charge in [-0.05, 0) is 30.5 Å². The van der Waals surface area contributed by atoms with Crippen LogP contribution < -0.4 is 20.1 Å². The number of aromatic nitrogens is 1. The van der Waals surface area contributed by atoms with Crippen molar-refractivity contribution >= 4 is 25.0 Å². The van der Waals surface area contributed by atoms with Gasteiger partial charge in [0.1, 0.15) is 18.2 Å². The molecule has 1 aromatic carbocycles. The number of nitrogens with zero attached hydrogens (tertiary/aromatic N) is 2. The van der Waals surface area contributed by atoms with Crippen molar-refractivity contribution in [2.75, 3.05) is 43.7 Å². The molecule has 0 spiro atoms. The normalized spacial score (nSPS) is 13.3. The summed E-state index contributed by atoms with van der Waals surface area (Å²) in [5, 5.41) is 0. The van der Waals surface area contributed by atoms with Crippen molar-refractivity contribution in [1.29, 1.82) is 0 Å². The topological polar surface area (TPSA) is 144 Å².